The van der Waals surface area contributed by atoms with E-state index in [-0.39, 0.29) is 23.7 Å². The van der Waals surface area contributed by atoms with E-state index in [0.29, 0.717) is 12.0 Å². The number of carboxylic acid groups (broad SMARTS) is 1. The first-order valence-corrected chi connectivity index (χ1v) is 10.3. The van der Waals surface area contributed by atoms with Gasteiger partial charge in [0, 0.05) is 29.6 Å². The SMILES string of the molecule is CC1Cc2cc3[nH]ncc3cc2C(c2c(F)cc(/C=C/C(=O)O)cc2F)N1CC(C)(C)F. The molecule has 8 heteroatoms. The Kier molecular flexibility index (Phi) is 5.58. The third-order valence-electron chi connectivity index (χ3n) is 5.76. The van der Waals surface area contributed by atoms with Gasteiger partial charge in [0.05, 0.1) is 17.8 Å². The first-order chi connectivity index (χ1) is 15.0. The van der Waals surface area contributed by atoms with Crippen molar-refractivity contribution in [2.24, 2.45) is 0 Å². The Bertz CT molecular complexity index is 1190. The molecule has 0 fully saturated rings. The minimum Gasteiger partial charge on any atom is -0.478 e. The molecule has 0 spiro atoms. The van der Waals surface area contributed by atoms with Crippen LogP contribution in [0.15, 0.2) is 36.5 Å². The number of hydrogen-bond acceptors (Lipinski definition) is 3. The molecule has 2 heterocycles. The van der Waals surface area contributed by atoms with E-state index in [1.807, 2.05) is 19.1 Å². The van der Waals surface area contributed by atoms with E-state index < -0.39 is 29.3 Å². The number of carboxylic acids is 1. The van der Waals surface area contributed by atoms with E-state index in [2.05, 4.69) is 10.2 Å². The molecule has 0 aliphatic carbocycles. The van der Waals surface area contributed by atoms with Gasteiger partial charge in [-0.05, 0) is 74.2 Å². The normalized spacial score (nSPS) is 19.6. The van der Waals surface area contributed by atoms with Crippen LogP contribution in [-0.2, 0) is 11.2 Å². The van der Waals surface area contributed by atoms with Crippen LogP contribution in [0.3, 0.4) is 0 Å². The maximum Gasteiger partial charge on any atom is 0.328 e. The number of hydrogen-bond donors (Lipinski definition) is 2. The number of alkyl halides is 1. The second-order valence-corrected chi connectivity index (χ2v) is 8.92. The molecule has 0 amide bonds. The monoisotopic (exact) mass is 443 g/mol. The van der Waals surface area contributed by atoms with E-state index in [0.717, 1.165) is 40.8 Å². The van der Waals surface area contributed by atoms with Crippen molar-refractivity contribution in [3.8, 4) is 0 Å². The third kappa shape index (κ3) is 4.27. The standard InChI is InChI=1S/C24H24F3N3O2/c1-13-6-15-10-20-16(11-28-29-20)9-17(15)23(30(13)12-24(2,3)27)22-18(25)7-14(8-19(22)26)4-5-21(31)32/h4-5,7-11,13,23H,6,12H2,1-3H3,(H,28,29)(H,31,32)/b5-4+. The third-order valence-corrected chi connectivity index (χ3v) is 5.76. The van der Waals surface area contributed by atoms with E-state index in [1.54, 1.807) is 11.1 Å². The van der Waals surface area contributed by atoms with E-state index >= 15 is 8.78 Å². The molecule has 32 heavy (non-hydrogen) atoms. The molecule has 4 rings (SSSR count). The maximum absolute atomic E-state index is 15.3. The van der Waals surface area contributed by atoms with Crippen molar-refractivity contribution in [1.82, 2.24) is 15.1 Å². The summed E-state index contributed by atoms with van der Waals surface area (Å²) in [4.78, 5) is 12.6. The lowest BCUT2D eigenvalue weighted by Gasteiger charge is -2.44. The lowest BCUT2D eigenvalue weighted by Crippen LogP contribution is -2.48. The van der Waals surface area contributed by atoms with Crippen molar-refractivity contribution in [3.63, 3.8) is 0 Å². The smallest absolute Gasteiger partial charge is 0.328 e. The van der Waals surface area contributed by atoms with E-state index in [4.69, 9.17) is 5.11 Å². The predicted octanol–water partition coefficient (Wildman–Crippen LogP) is 5.02. The van der Waals surface area contributed by atoms with Crippen LogP contribution in [0.25, 0.3) is 17.0 Å². The molecule has 2 aromatic carbocycles. The van der Waals surface area contributed by atoms with Gasteiger partial charge in [-0.15, -0.1) is 0 Å². The molecule has 1 aromatic heterocycles. The highest BCUT2D eigenvalue weighted by Gasteiger charge is 2.39. The van der Waals surface area contributed by atoms with Gasteiger partial charge >= 0.3 is 5.97 Å². The van der Waals surface area contributed by atoms with Crippen LogP contribution in [0, 0.1) is 11.6 Å². The fourth-order valence-corrected chi connectivity index (χ4v) is 4.49. The molecular formula is C24H24F3N3O2. The van der Waals surface area contributed by atoms with Crippen molar-refractivity contribution < 1.29 is 23.1 Å². The highest BCUT2D eigenvalue weighted by molar-refractivity contribution is 5.85. The number of halogens is 3. The number of benzene rings is 2. The van der Waals surface area contributed by atoms with Crippen LogP contribution in [0.2, 0.25) is 0 Å². The molecule has 0 saturated heterocycles. The van der Waals surface area contributed by atoms with Crippen molar-refractivity contribution in [2.75, 3.05) is 6.54 Å². The summed E-state index contributed by atoms with van der Waals surface area (Å²) in [6.45, 7) is 4.79. The number of carbonyl (C=O) groups is 1. The summed E-state index contributed by atoms with van der Waals surface area (Å²) in [5.74, 6) is -2.84. The fourth-order valence-electron chi connectivity index (χ4n) is 4.49. The summed E-state index contributed by atoms with van der Waals surface area (Å²) in [6.07, 6.45) is 4.19. The fraction of sp³-hybridized carbons (Fsp3) is 0.333. The van der Waals surface area contributed by atoms with Crippen LogP contribution in [0.5, 0.6) is 0 Å². The molecule has 0 bridgehead atoms. The average Bonchev–Trinajstić information content (AvgIpc) is 3.13. The van der Waals surface area contributed by atoms with Crippen LogP contribution >= 0.6 is 0 Å². The predicted molar refractivity (Wildman–Crippen MR) is 116 cm³/mol. The van der Waals surface area contributed by atoms with Gasteiger partial charge in [-0.25, -0.2) is 18.0 Å². The lowest BCUT2D eigenvalue weighted by atomic mass is 9.83. The van der Waals surface area contributed by atoms with Crippen LogP contribution < -0.4 is 0 Å². The largest absolute Gasteiger partial charge is 0.478 e. The molecule has 1 aliphatic rings. The lowest BCUT2D eigenvalue weighted by molar-refractivity contribution is -0.131. The molecule has 1 aliphatic heterocycles. The summed E-state index contributed by atoms with van der Waals surface area (Å²) < 4.78 is 45.4. The van der Waals surface area contributed by atoms with Gasteiger partial charge < -0.3 is 5.11 Å². The number of nitrogens with one attached hydrogen (secondary N) is 1. The van der Waals surface area contributed by atoms with Crippen molar-refractivity contribution in [1.29, 1.82) is 0 Å². The quantitative estimate of drug-likeness (QED) is 0.543. The Morgan fingerprint density at radius 1 is 1.28 bits per heavy atom. The molecule has 2 atom stereocenters. The summed E-state index contributed by atoms with van der Waals surface area (Å²) in [5.41, 5.74) is 0.772. The Morgan fingerprint density at radius 2 is 1.97 bits per heavy atom. The van der Waals surface area contributed by atoms with Gasteiger partial charge in [0.2, 0.25) is 0 Å². The summed E-state index contributed by atoms with van der Waals surface area (Å²) >= 11 is 0. The molecule has 0 saturated carbocycles. The summed E-state index contributed by atoms with van der Waals surface area (Å²) in [5, 5.41) is 16.6. The van der Waals surface area contributed by atoms with Gasteiger partial charge in [-0.3, -0.25) is 10.00 Å². The zero-order chi connectivity index (χ0) is 23.2. The van der Waals surface area contributed by atoms with Gasteiger partial charge in [0.25, 0.3) is 0 Å². The number of rotatable bonds is 5. The van der Waals surface area contributed by atoms with Crippen molar-refractivity contribution in [2.45, 2.75) is 44.9 Å². The Labute approximate surface area is 183 Å². The molecule has 3 aromatic rings. The molecular weight excluding hydrogens is 419 g/mol. The van der Waals surface area contributed by atoms with Crippen LogP contribution in [0.4, 0.5) is 13.2 Å². The maximum atomic E-state index is 15.3. The Morgan fingerprint density at radius 3 is 2.59 bits per heavy atom. The molecule has 0 radical (unpaired) electrons. The first kappa shape index (κ1) is 22.1. The number of H-pyrrole nitrogens is 1. The highest BCUT2D eigenvalue weighted by atomic mass is 19.1. The van der Waals surface area contributed by atoms with Crippen molar-refractivity contribution >= 4 is 22.9 Å². The van der Waals surface area contributed by atoms with E-state index in [1.165, 1.54) is 13.8 Å². The van der Waals surface area contributed by atoms with E-state index in [9.17, 15) is 9.18 Å². The van der Waals surface area contributed by atoms with Gasteiger partial charge in [-0.1, -0.05) is 0 Å². The number of fused-ring (bicyclic) bond motifs is 2. The zero-order valence-corrected chi connectivity index (χ0v) is 18.0. The Balaban J connectivity index is 1.91. The summed E-state index contributed by atoms with van der Waals surface area (Å²) in [7, 11) is 0. The number of aliphatic carboxylic acids is 1. The Hall–Kier alpha value is -3.13. The first-order valence-electron chi connectivity index (χ1n) is 10.3. The molecule has 2 unspecified atom stereocenters. The number of nitrogens with zero attached hydrogens (tertiary/aromatic N) is 2. The second kappa shape index (κ2) is 8.09. The topological polar surface area (TPSA) is 69.2 Å². The second-order valence-electron chi connectivity index (χ2n) is 8.92. The average molecular weight is 443 g/mol. The minimum atomic E-state index is -1.58. The summed E-state index contributed by atoms with van der Waals surface area (Å²) in [6, 6.07) is 4.96. The van der Waals surface area contributed by atoms with Crippen LogP contribution in [-0.4, -0.2) is 44.4 Å². The van der Waals surface area contributed by atoms with Gasteiger partial charge in [-0.2, -0.15) is 5.10 Å². The molecule has 2 N–H and O–H groups in total. The highest BCUT2D eigenvalue weighted by Crippen LogP contribution is 2.42. The number of aromatic nitrogens is 2. The molecule has 5 nitrogen and oxygen atoms in total. The number of aromatic amines is 1. The van der Waals surface area contributed by atoms with Gasteiger partial charge in [0.15, 0.2) is 0 Å². The zero-order valence-electron chi connectivity index (χ0n) is 18.0. The van der Waals surface area contributed by atoms with Crippen LogP contribution in [0.1, 0.15) is 49.1 Å². The van der Waals surface area contributed by atoms with Gasteiger partial charge in [0.1, 0.15) is 17.3 Å². The minimum absolute atomic E-state index is 0.0127. The van der Waals surface area contributed by atoms with Crippen molar-refractivity contribution in [3.05, 3.63) is 70.4 Å². The molecule has 168 valence electrons.